The van der Waals surface area contributed by atoms with Crippen LogP contribution in [-0.2, 0) is 16.0 Å². The molecule has 2 atom stereocenters. The molecule has 1 aromatic carbocycles. The molecule has 8 heteroatoms. The van der Waals surface area contributed by atoms with Gasteiger partial charge < -0.3 is 18.8 Å². The zero-order valence-corrected chi connectivity index (χ0v) is 20.0. The maximum Gasteiger partial charge on any atom is 0.193 e. The monoisotopic (exact) mass is 453 g/mol. The molecule has 3 heterocycles. The van der Waals surface area contributed by atoms with Crippen LogP contribution >= 0.6 is 0 Å². The number of ether oxygens (including phenoxy) is 3. The third-order valence-corrected chi connectivity index (χ3v) is 6.23. The summed E-state index contributed by atoms with van der Waals surface area (Å²) in [6.07, 6.45) is 1.52. The van der Waals surface area contributed by atoms with Gasteiger partial charge in [-0.1, -0.05) is 32.9 Å². The number of nitrogens with zero attached hydrogens (tertiary/aromatic N) is 3. The number of hydrogen-bond acceptors (Lipinski definition) is 6. The van der Waals surface area contributed by atoms with Gasteiger partial charge in [0.1, 0.15) is 24.0 Å². The fourth-order valence-electron chi connectivity index (χ4n) is 4.40. The summed E-state index contributed by atoms with van der Waals surface area (Å²) in [7, 11) is 3.25. The van der Waals surface area contributed by atoms with Gasteiger partial charge in [-0.2, -0.15) is 5.10 Å². The van der Waals surface area contributed by atoms with E-state index in [2.05, 4.69) is 25.3 Å². The van der Waals surface area contributed by atoms with Gasteiger partial charge in [-0.3, -0.25) is 14.3 Å². The predicted molar refractivity (Wildman–Crippen MR) is 126 cm³/mol. The highest BCUT2D eigenvalue weighted by Gasteiger charge is 2.35. The predicted octanol–water partition coefficient (Wildman–Crippen LogP) is 3.71. The van der Waals surface area contributed by atoms with Crippen LogP contribution in [0.5, 0.6) is 5.75 Å². The lowest BCUT2D eigenvalue weighted by Gasteiger charge is -2.38. The Morgan fingerprint density at radius 2 is 2.00 bits per heavy atom. The standard InChI is InChI=1S/C25H31N3O5/c1-15(29)18-11-27-19(10-20(18)30)24-17-8-7-9-21(33-14-16(32-6)13-31-5)23(17)26-28(24)12-22(27)25(2,3)4/h7-11,16,22H,12-14H2,1-6H3. The van der Waals surface area contributed by atoms with Crippen LogP contribution in [0.4, 0.5) is 0 Å². The van der Waals surface area contributed by atoms with Crippen molar-refractivity contribution < 1.29 is 19.0 Å². The Balaban J connectivity index is 1.87. The van der Waals surface area contributed by atoms with E-state index in [1.165, 1.54) is 6.92 Å². The Bertz CT molecular complexity index is 1250. The molecule has 1 aliphatic rings. The number of aromatic nitrogens is 3. The van der Waals surface area contributed by atoms with E-state index in [0.717, 1.165) is 22.3 Å². The van der Waals surface area contributed by atoms with E-state index in [4.69, 9.17) is 19.3 Å². The molecule has 0 saturated carbocycles. The second-order valence-corrected chi connectivity index (χ2v) is 9.59. The van der Waals surface area contributed by atoms with Crippen molar-refractivity contribution in [2.45, 2.75) is 46.4 Å². The van der Waals surface area contributed by atoms with Gasteiger partial charge in [-0.25, -0.2) is 0 Å². The van der Waals surface area contributed by atoms with Gasteiger partial charge in [0.2, 0.25) is 0 Å². The minimum Gasteiger partial charge on any atom is -0.488 e. The van der Waals surface area contributed by atoms with Gasteiger partial charge in [0.25, 0.3) is 0 Å². The fraction of sp³-hybridized carbons (Fsp3) is 0.480. The molecule has 0 fully saturated rings. The largest absolute Gasteiger partial charge is 0.488 e. The van der Waals surface area contributed by atoms with Crippen molar-refractivity contribution in [1.82, 2.24) is 14.3 Å². The van der Waals surface area contributed by atoms with E-state index in [9.17, 15) is 9.59 Å². The summed E-state index contributed by atoms with van der Waals surface area (Å²) in [5.74, 6) is 0.417. The molecule has 0 N–H and O–H groups in total. The lowest BCUT2D eigenvalue weighted by Crippen LogP contribution is -2.35. The molecule has 2 aromatic heterocycles. The normalized spacial score (nSPS) is 16.4. The number of hydrogen-bond donors (Lipinski definition) is 0. The first kappa shape index (κ1) is 23.2. The van der Waals surface area contributed by atoms with Crippen molar-refractivity contribution in [3.63, 3.8) is 0 Å². The summed E-state index contributed by atoms with van der Waals surface area (Å²) in [5.41, 5.74) is 2.13. The van der Waals surface area contributed by atoms with E-state index < -0.39 is 0 Å². The summed E-state index contributed by atoms with van der Waals surface area (Å²) in [6, 6.07) is 7.36. The van der Waals surface area contributed by atoms with Gasteiger partial charge in [0.05, 0.1) is 36.1 Å². The van der Waals surface area contributed by atoms with E-state index in [1.807, 2.05) is 22.9 Å². The van der Waals surface area contributed by atoms with Crippen LogP contribution in [-0.4, -0.2) is 53.7 Å². The summed E-state index contributed by atoms with van der Waals surface area (Å²) in [6.45, 7) is 9.25. The van der Waals surface area contributed by atoms with Gasteiger partial charge in [0.15, 0.2) is 11.2 Å². The Labute approximate surface area is 193 Å². The van der Waals surface area contributed by atoms with Crippen LogP contribution in [0.3, 0.4) is 0 Å². The highest BCUT2D eigenvalue weighted by atomic mass is 16.5. The molecule has 0 spiro atoms. The fourth-order valence-corrected chi connectivity index (χ4v) is 4.40. The molecular weight excluding hydrogens is 422 g/mol. The minimum atomic E-state index is -0.279. The SMILES string of the molecule is COCC(COc1cccc2c3n(nc12)CC(C(C)(C)C)n1cc(C(C)=O)c(=O)cc1-3)OC. The first-order valence-corrected chi connectivity index (χ1v) is 11.1. The lowest BCUT2D eigenvalue weighted by molar-refractivity contribution is 0.00114. The summed E-state index contributed by atoms with van der Waals surface area (Å²) in [4.78, 5) is 24.9. The Morgan fingerprint density at radius 1 is 1.24 bits per heavy atom. The maximum absolute atomic E-state index is 12.8. The van der Waals surface area contributed by atoms with E-state index in [-0.39, 0.29) is 34.3 Å². The van der Waals surface area contributed by atoms with Crippen LogP contribution in [0.1, 0.15) is 44.1 Å². The van der Waals surface area contributed by atoms with Crippen LogP contribution in [0.2, 0.25) is 0 Å². The van der Waals surface area contributed by atoms with Crippen molar-refractivity contribution in [2.75, 3.05) is 27.4 Å². The molecule has 0 aliphatic carbocycles. The molecule has 0 amide bonds. The molecule has 4 rings (SSSR count). The van der Waals surface area contributed by atoms with Gasteiger partial charge in [-0.05, 0) is 18.4 Å². The van der Waals surface area contributed by atoms with Crippen LogP contribution < -0.4 is 10.2 Å². The molecule has 0 bridgehead atoms. The number of pyridine rings is 1. The van der Waals surface area contributed by atoms with Crippen LogP contribution in [0.25, 0.3) is 22.3 Å². The Kier molecular flexibility index (Phi) is 6.16. The van der Waals surface area contributed by atoms with Gasteiger partial charge >= 0.3 is 0 Å². The van der Waals surface area contributed by atoms with Gasteiger partial charge in [-0.15, -0.1) is 0 Å². The molecule has 1 aliphatic heterocycles. The van der Waals surface area contributed by atoms with Crippen molar-refractivity contribution >= 4 is 16.7 Å². The first-order valence-electron chi connectivity index (χ1n) is 11.1. The maximum atomic E-state index is 12.8. The molecule has 2 unspecified atom stereocenters. The second kappa shape index (κ2) is 8.76. The van der Waals surface area contributed by atoms with Crippen molar-refractivity contribution in [3.05, 3.63) is 46.2 Å². The summed E-state index contributed by atoms with van der Waals surface area (Å²) in [5, 5.41) is 5.78. The van der Waals surface area contributed by atoms with E-state index in [0.29, 0.717) is 25.5 Å². The number of fused-ring (bicyclic) bond motifs is 5. The molecule has 0 saturated heterocycles. The molecule has 33 heavy (non-hydrogen) atoms. The summed E-state index contributed by atoms with van der Waals surface area (Å²) < 4.78 is 20.7. The van der Waals surface area contributed by atoms with Gasteiger partial charge in [0, 0.05) is 31.9 Å². The third kappa shape index (κ3) is 4.20. The van der Waals surface area contributed by atoms with Crippen LogP contribution in [0.15, 0.2) is 35.3 Å². The third-order valence-electron chi connectivity index (χ3n) is 6.23. The second-order valence-electron chi connectivity index (χ2n) is 9.59. The Morgan fingerprint density at radius 3 is 2.64 bits per heavy atom. The number of carbonyl (C=O) groups is 1. The molecule has 3 aromatic rings. The van der Waals surface area contributed by atoms with Crippen molar-refractivity contribution in [3.8, 4) is 17.1 Å². The number of ketones is 1. The molecule has 8 nitrogen and oxygen atoms in total. The van der Waals surface area contributed by atoms with Crippen molar-refractivity contribution in [1.29, 1.82) is 0 Å². The number of rotatable bonds is 7. The molecule has 0 radical (unpaired) electrons. The van der Waals surface area contributed by atoms with E-state index >= 15 is 0 Å². The molecular formula is C25H31N3O5. The average Bonchev–Trinajstić information content (AvgIpc) is 3.14. The quantitative estimate of drug-likeness (QED) is 0.507. The topological polar surface area (TPSA) is 84.6 Å². The highest BCUT2D eigenvalue weighted by Crippen LogP contribution is 2.43. The Hall–Kier alpha value is -2.97. The summed E-state index contributed by atoms with van der Waals surface area (Å²) >= 11 is 0. The van der Waals surface area contributed by atoms with Crippen LogP contribution in [0, 0.1) is 5.41 Å². The van der Waals surface area contributed by atoms with E-state index in [1.54, 1.807) is 26.5 Å². The average molecular weight is 454 g/mol. The number of Topliss-reactive ketones (excluding diaryl/α,β-unsaturated/α-hetero) is 1. The lowest BCUT2D eigenvalue weighted by atomic mass is 9.84. The first-order chi connectivity index (χ1) is 15.7. The highest BCUT2D eigenvalue weighted by molar-refractivity contribution is 5.97. The minimum absolute atomic E-state index is 0.0111. The van der Waals surface area contributed by atoms with Crippen molar-refractivity contribution in [2.24, 2.45) is 5.41 Å². The number of carbonyl (C=O) groups excluding carboxylic acids is 1. The number of methoxy groups -OCH3 is 2. The smallest absolute Gasteiger partial charge is 0.193 e. The molecule has 176 valence electrons. The zero-order chi connectivity index (χ0) is 23.9. The zero-order valence-electron chi connectivity index (χ0n) is 20.0. The number of benzene rings is 1.